The van der Waals surface area contributed by atoms with Gasteiger partial charge < -0.3 is 18.9 Å². The number of esters is 2. The summed E-state index contributed by atoms with van der Waals surface area (Å²) in [5.41, 5.74) is 0. The molecule has 344 valence electrons. The standard InChI is InChI=1S/C48H94NO8P/c1-6-8-10-12-14-16-18-20-22-23-24-25-27-28-30-32-34-36-38-40-47(50)54-44-46(45-56-58(52,53)55-43-42-49(3,4)5)57-48(51)41-39-37-35-33-31-29-26-21-19-17-15-13-11-9-7-2/h35,37,46H,6-34,36,38-45H2,1-5H3/p+1/b37-35+/t46-/m1/s1. The number of quaternary nitrogens is 1. The molecule has 0 saturated carbocycles. The lowest BCUT2D eigenvalue weighted by atomic mass is 10.0. The van der Waals surface area contributed by atoms with Gasteiger partial charge in [0.05, 0.1) is 27.7 Å². The van der Waals surface area contributed by atoms with Gasteiger partial charge in [0, 0.05) is 12.8 Å². The molecule has 0 aromatic heterocycles. The van der Waals surface area contributed by atoms with E-state index in [9.17, 15) is 19.0 Å². The molecule has 10 heteroatoms. The average molecular weight is 845 g/mol. The SMILES string of the molecule is CCCCCCCCCCCCC/C=C/CCC(=O)O[C@H](COC(=O)CCCCCCCCCCCCCCCCCCCCC)COP(=O)(O)OCC[N+](C)(C)C. The highest BCUT2D eigenvalue weighted by Crippen LogP contribution is 2.43. The molecule has 0 aliphatic rings. The second-order valence-corrected chi connectivity index (χ2v) is 19.3. The van der Waals surface area contributed by atoms with Crippen LogP contribution in [0.25, 0.3) is 0 Å². The van der Waals surface area contributed by atoms with Crippen molar-refractivity contribution in [2.75, 3.05) is 47.5 Å². The van der Waals surface area contributed by atoms with Crippen molar-refractivity contribution >= 4 is 19.8 Å². The summed E-state index contributed by atoms with van der Waals surface area (Å²) in [6.45, 7) is 4.42. The van der Waals surface area contributed by atoms with E-state index in [1.54, 1.807) is 0 Å². The maximum atomic E-state index is 12.7. The summed E-state index contributed by atoms with van der Waals surface area (Å²) in [7, 11) is 1.47. The van der Waals surface area contributed by atoms with Gasteiger partial charge in [-0.25, -0.2) is 4.57 Å². The topological polar surface area (TPSA) is 108 Å². The Labute approximate surface area is 358 Å². The van der Waals surface area contributed by atoms with E-state index in [0.717, 1.165) is 32.1 Å². The van der Waals surface area contributed by atoms with Gasteiger partial charge in [-0.1, -0.05) is 206 Å². The Balaban J connectivity index is 4.27. The molecule has 0 amide bonds. The van der Waals surface area contributed by atoms with Crippen LogP contribution in [0.1, 0.15) is 232 Å². The van der Waals surface area contributed by atoms with Crippen molar-refractivity contribution in [3.63, 3.8) is 0 Å². The van der Waals surface area contributed by atoms with Gasteiger partial charge in [-0.3, -0.25) is 18.6 Å². The van der Waals surface area contributed by atoms with Crippen LogP contribution in [-0.4, -0.2) is 74.9 Å². The predicted molar refractivity (Wildman–Crippen MR) is 243 cm³/mol. The van der Waals surface area contributed by atoms with Crippen LogP contribution in [-0.2, 0) is 32.7 Å². The lowest BCUT2D eigenvalue weighted by Crippen LogP contribution is -2.37. The van der Waals surface area contributed by atoms with Gasteiger partial charge in [0.2, 0.25) is 0 Å². The zero-order chi connectivity index (χ0) is 42.8. The molecule has 1 N–H and O–H groups in total. The van der Waals surface area contributed by atoms with Crippen LogP contribution in [0.5, 0.6) is 0 Å². The monoisotopic (exact) mass is 845 g/mol. The number of rotatable bonds is 45. The van der Waals surface area contributed by atoms with Gasteiger partial charge in [0.1, 0.15) is 19.8 Å². The maximum absolute atomic E-state index is 12.7. The van der Waals surface area contributed by atoms with E-state index >= 15 is 0 Å². The van der Waals surface area contributed by atoms with Crippen molar-refractivity contribution in [2.45, 2.75) is 238 Å². The number of phosphoric ester groups is 1. The second kappa shape index (κ2) is 41.1. The zero-order valence-corrected chi connectivity index (χ0v) is 39.7. The molecule has 0 spiro atoms. The first-order valence-electron chi connectivity index (χ1n) is 24.4. The van der Waals surface area contributed by atoms with Crippen LogP contribution in [0.4, 0.5) is 0 Å². The fourth-order valence-corrected chi connectivity index (χ4v) is 7.72. The number of allylic oxidation sites excluding steroid dienone is 2. The van der Waals surface area contributed by atoms with Gasteiger partial charge in [-0.05, 0) is 25.7 Å². The van der Waals surface area contributed by atoms with Crippen LogP contribution < -0.4 is 0 Å². The molecule has 2 atom stereocenters. The quantitative estimate of drug-likeness (QED) is 0.0212. The van der Waals surface area contributed by atoms with Gasteiger partial charge in [0.15, 0.2) is 6.10 Å². The summed E-state index contributed by atoms with van der Waals surface area (Å²) < 4.78 is 34.3. The molecule has 0 heterocycles. The molecular formula is C48H95NO8P+. The van der Waals surface area contributed by atoms with Crippen LogP contribution in [0.3, 0.4) is 0 Å². The molecule has 0 aromatic rings. The summed E-state index contributed by atoms with van der Waals surface area (Å²) in [6, 6.07) is 0. The lowest BCUT2D eigenvalue weighted by Gasteiger charge is -2.24. The van der Waals surface area contributed by atoms with Gasteiger partial charge >= 0.3 is 19.8 Å². The van der Waals surface area contributed by atoms with Crippen molar-refractivity contribution in [1.29, 1.82) is 0 Å². The third-order valence-electron chi connectivity index (χ3n) is 10.8. The lowest BCUT2D eigenvalue weighted by molar-refractivity contribution is -0.870. The Kier molecular flexibility index (Phi) is 40.2. The van der Waals surface area contributed by atoms with E-state index in [-0.39, 0.29) is 32.0 Å². The number of unbranched alkanes of at least 4 members (excludes halogenated alkanes) is 29. The maximum Gasteiger partial charge on any atom is 0.472 e. The number of hydrogen-bond acceptors (Lipinski definition) is 7. The third-order valence-corrected chi connectivity index (χ3v) is 11.8. The number of hydrogen-bond donors (Lipinski definition) is 1. The number of carbonyl (C=O) groups is 2. The number of nitrogens with zero attached hydrogens (tertiary/aromatic N) is 1. The molecule has 58 heavy (non-hydrogen) atoms. The van der Waals surface area contributed by atoms with Gasteiger partial charge in [0.25, 0.3) is 0 Å². The fraction of sp³-hybridized carbons (Fsp3) is 0.917. The van der Waals surface area contributed by atoms with Crippen LogP contribution in [0.15, 0.2) is 12.2 Å². The van der Waals surface area contributed by atoms with E-state index in [2.05, 4.69) is 19.9 Å². The van der Waals surface area contributed by atoms with E-state index in [1.807, 2.05) is 27.2 Å². The summed E-state index contributed by atoms with van der Waals surface area (Å²) in [4.78, 5) is 35.4. The highest BCUT2D eigenvalue weighted by Gasteiger charge is 2.27. The van der Waals surface area contributed by atoms with Crippen molar-refractivity contribution in [1.82, 2.24) is 0 Å². The molecule has 0 fully saturated rings. The minimum atomic E-state index is -4.38. The van der Waals surface area contributed by atoms with E-state index in [0.29, 0.717) is 17.4 Å². The molecule has 0 bridgehead atoms. The first kappa shape index (κ1) is 56.8. The largest absolute Gasteiger partial charge is 0.472 e. The molecule has 1 unspecified atom stereocenters. The fourth-order valence-electron chi connectivity index (χ4n) is 6.97. The van der Waals surface area contributed by atoms with Crippen molar-refractivity contribution in [2.24, 2.45) is 0 Å². The first-order chi connectivity index (χ1) is 28.0. The number of ether oxygens (including phenoxy) is 2. The predicted octanol–water partition coefficient (Wildman–Crippen LogP) is 14.1. The summed E-state index contributed by atoms with van der Waals surface area (Å²) in [6.07, 6.45) is 44.2. The molecule has 0 aliphatic carbocycles. The molecule has 0 aliphatic heterocycles. The Bertz CT molecular complexity index is 1000. The van der Waals surface area contributed by atoms with Gasteiger partial charge in [-0.15, -0.1) is 0 Å². The van der Waals surface area contributed by atoms with E-state index < -0.39 is 26.5 Å². The molecule has 0 saturated heterocycles. The summed E-state index contributed by atoms with van der Waals surface area (Å²) in [5.74, 6) is -0.841. The number of phosphoric acid groups is 1. The van der Waals surface area contributed by atoms with E-state index in [1.165, 1.54) is 167 Å². The minimum absolute atomic E-state index is 0.0295. The molecular weight excluding hydrogens is 750 g/mol. The van der Waals surface area contributed by atoms with Gasteiger partial charge in [-0.2, -0.15) is 0 Å². The molecule has 0 aromatic carbocycles. The minimum Gasteiger partial charge on any atom is -0.462 e. The van der Waals surface area contributed by atoms with Crippen molar-refractivity contribution in [3.8, 4) is 0 Å². The first-order valence-corrected chi connectivity index (χ1v) is 25.9. The zero-order valence-electron chi connectivity index (χ0n) is 38.8. The Morgan fingerprint density at radius 2 is 0.914 bits per heavy atom. The summed E-state index contributed by atoms with van der Waals surface area (Å²) in [5, 5.41) is 0. The summed E-state index contributed by atoms with van der Waals surface area (Å²) >= 11 is 0. The second-order valence-electron chi connectivity index (χ2n) is 17.9. The smallest absolute Gasteiger partial charge is 0.462 e. The van der Waals surface area contributed by atoms with Crippen LogP contribution in [0, 0.1) is 0 Å². The highest BCUT2D eigenvalue weighted by atomic mass is 31.2. The Morgan fingerprint density at radius 3 is 1.34 bits per heavy atom. The van der Waals surface area contributed by atoms with Crippen LogP contribution in [0.2, 0.25) is 0 Å². The van der Waals surface area contributed by atoms with Crippen LogP contribution >= 0.6 is 7.82 Å². The third kappa shape index (κ3) is 44.3. The average Bonchev–Trinajstić information content (AvgIpc) is 3.17. The Morgan fingerprint density at radius 1 is 0.517 bits per heavy atom. The molecule has 0 rings (SSSR count). The number of carbonyl (C=O) groups excluding carboxylic acids is 2. The molecule has 0 radical (unpaired) electrons. The normalized spacial score (nSPS) is 13.6. The Hall–Kier alpha value is -1.25. The molecule has 9 nitrogen and oxygen atoms in total. The van der Waals surface area contributed by atoms with Crippen molar-refractivity contribution in [3.05, 3.63) is 12.2 Å². The number of likely N-dealkylation sites (N-methyl/N-ethyl adjacent to an activating group) is 1. The highest BCUT2D eigenvalue weighted by molar-refractivity contribution is 7.47. The van der Waals surface area contributed by atoms with E-state index in [4.69, 9.17) is 18.5 Å². The van der Waals surface area contributed by atoms with Crippen molar-refractivity contribution < 1.29 is 42.1 Å².